The van der Waals surface area contributed by atoms with Crippen LogP contribution in [0.4, 0.5) is 0 Å². The second-order valence-corrected chi connectivity index (χ2v) is 7.63. The molecule has 0 spiro atoms. The first-order valence-electron chi connectivity index (χ1n) is 7.93. The molecule has 1 amide bonds. The summed E-state index contributed by atoms with van der Waals surface area (Å²) in [4.78, 5) is 28.0. The fourth-order valence-corrected chi connectivity index (χ4v) is 3.58. The molecular weight excluding hydrogens is 416 g/mol. The average molecular weight is 433 g/mol. The summed E-state index contributed by atoms with van der Waals surface area (Å²) >= 11 is 4.81. The molecule has 0 bridgehead atoms. The summed E-state index contributed by atoms with van der Waals surface area (Å²) in [5, 5.41) is 4.91. The van der Waals surface area contributed by atoms with Crippen LogP contribution in [0.5, 0.6) is 0 Å². The lowest BCUT2D eigenvalue weighted by atomic mass is 10.0. The first-order chi connectivity index (χ1) is 12.5. The Morgan fingerprint density at radius 2 is 2.04 bits per heavy atom. The largest absolute Gasteiger partial charge is 0.451 e. The molecule has 0 saturated carbocycles. The number of rotatable bonds is 6. The van der Waals surface area contributed by atoms with Gasteiger partial charge in [0, 0.05) is 15.5 Å². The Hall–Kier alpha value is -2.38. The van der Waals surface area contributed by atoms with E-state index < -0.39 is 5.97 Å². The summed E-state index contributed by atoms with van der Waals surface area (Å²) in [7, 11) is 0. The van der Waals surface area contributed by atoms with Gasteiger partial charge in [-0.15, -0.1) is 11.3 Å². The number of carbonyl (C=O) groups is 2. The number of hydrogen-bond acceptors (Lipinski definition) is 4. The number of esters is 1. The Morgan fingerprint density at radius 1 is 1.27 bits per heavy atom. The molecule has 26 heavy (non-hydrogen) atoms. The van der Waals surface area contributed by atoms with Crippen LogP contribution in [0, 0.1) is 6.92 Å². The lowest BCUT2D eigenvalue weighted by Crippen LogP contribution is -2.32. The minimum absolute atomic E-state index is 0.276. The zero-order chi connectivity index (χ0) is 18.5. The van der Waals surface area contributed by atoms with Crippen molar-refractivity contribution in [1.29, 1.82) is 0 Å². The molecule has 3 rings (SSSR count). The van der Waals surface area contributed by atoms with Gasteiger partial charge in [-0.1, -0.05) is 35.9 Å². The van der Waals surface area contributed by atoms with Crippen LogP contribution in [0.15, 0.2) is 58.5 Å². The van der Waals surface area contributed by atoms with Gasteiger partial charge in [0.15, 0.2) is 6.61 Å². The van der Waals surface area contributed by atoms with Gasteiger partial charge in [-0.25, -0.2) is 4.79 Å². The summed E-state index contributed by atoms with van der Waals surface area (Å²) in [5.74, 6) is -0.934. The molecule has 1 atom stereocenters. The topological polar surface area (TPSA) is 71.2 Å². The Kier molecular flexibility index (Phi) is 5.90. The van der Waals surface area contributed by atoms with Crippen molar-refractivity contribution in [2.24, 2.45) is 0 Å². The number of hydrogen-bond donors (Lipinski definition) is 2. The lowest BCUT2D eigenvalue weighted by molar-refractivity contribution is -0.124. The molecule has 2 heterocycles. The SMILES string of the molecule is Cc1ccc(C(NC(=O)COC(=O)c2cc(Br)c[nH]2)c2cccs2)cc1. The minimum Gasteiger partial charge on any atom is -0.451 e. The molecule has 0 fully saturated rings. The number of H-pyrrole nitrogens is 1. The third-order valence-electron chi connectivity index (χ3n) is 3.75. The number of amides is 1. The molecule has 0 radical (unpaired) electrons. The van der Waals surface area contributed by atoms with E-state index in [4.69, 9.17) is 4.74 Å². The third-order valence-corrected chi connectivity index (χ3v) is 5.14. The molecule has 0 aliphatic heterocycles. The number of nitrogens with one attached hydrogen (secondary N) is 2. The van der Waals surface area contributed by atoms with Gasteiger partial charge in [0.25, 0.3) is 5.91 Å². The van der Waals surface area contributed by atoms with E-state index in [1.807, 2.05) is 48.7 Å². The zero-order valence-electron chi connectivity index (χ0n) is 14.0. The van der Waals surface area contributed by atoms with Crippen molar-refractivity contribution in [1.82, 2.24) is 10.3 Å². The van der Waals surface area contributed by atoms with Crippen molar-refractivity contribution in [3.8, 4) is 0 Å². The van der Waals surface area contributed by atoms with Gasteiger partial charge < -0.3 is 15.0 Å². The van der Waals surface area contributed by atoms with Crippen LogP contribution in [0.3, 0.4) is 0 Å². The van der Waals surface area contributed by atoms with E-state index in [0.717, 1.165) is 20.5 Å². The smallest absolute Gasteiger partial charge is 0.355 e. The number of carbonyl (C=O) groups excluding carboxylic acids is 2. The molecule has 2 aromatic heterocycles. The highest BCUT2D eigenvalue weighted by Crippen LogP contribution is 2.26. The quantitative estimate of drug-likeness (QED) is 0.573. The van der Waals surface area contributed by atoms with E-state index in [-0.39, 0.29) is 24.2 Å². The number of aryl methyl sites for hydroxylation is 1. The van der Waals surface area contributed by atoms with E-state index in [9.17, 15) is 9.59 Å². The van der Waals surface area contributed by atoms with Crippen molar-refractivity contribution < 1.29 is 14.3 Å². The summed E-state index contributed by atoms with van der Waals surface area (Å²) in [6.07, 6.45) is 1.63. The lowest BCUT2D eigenvalue weighted by Gasteiger charge is -2.18. The maximum absolute atomic E-state index is 12.3. The van der Waals surface area contributed by atoms with Gasteiger partial charge in [-0.3, -0.25) is 4.79 Å². The number of thiophene rings is 1. The standard InChI is InChI=1S/C19H17BrN2O3S/c1-12-4-6-13(7-5-12)18(16-3-2-8-26-16)22-17(23)11-25-19(24)15-9-14(20)10-21-15/h2-10,18,21H,11H2,1H3,(H,22,23). The Bertz CT molecular complexity index is 888. The molecule has 2 N–H and O–H groups in total. The summed E-state index contributed by atoms with van der Waals surface area (Å²) in [6, 6.07) is 13.2. The summed E-state index contributed by atoms with van der Waals surface area (Å²) in [5.41, 5.74) is 2.42. The third kappa shape index (κ3) is 4.62. The predicted molar refractivity (Wildman–Crippen MR) is 104 cm³/mol. The van der Waals surface area contributed by atoms with E-state index in [1.54, 1.807) is 23.6 Å². The molecule has 0 aliphatic rings. The molecule has 1 aromatic carbocycles. The number of benzene rings is 1. The maximum atomic E-state index is 12.3. The second-order valence-electron chi connectivity index (χ2n) is 5.73. The van der Waals surface area contributed by atoms with Crippen LogP contribution in [0.25, 0.3) is 0 Å². The van der Waals surface area contributed by atoms with Crippen molar-refractivity contribution in [2.75, 3.05) is 6.61 Å². The van der Waals surface area contributed by atoms with E-state index in [0.29, 0.717) is 0 Å². The Morgan fingerprint density at radius 3 is 2.65 bits per heavy atom. The molecule has 3 aromatic rings. The molecule has 0 aliphatic carbocycles. The summed E-state index contributed by atoms with van der Waals surface area (Å²) < 4.78 is 5.82. The van der Waals surface area contributed by atoms with Crippen LogP contribution in [-0.2, 0) is 9.53 Å². The Labute approximate surface area is 163 Å². The van der Waals surface area contributed by atoms with Crippen LogP contribution in [0.1, 0.15) is 32.5 Å². The molecule has 134 valence electrons. The molecule has 5 nitrogen and oxygen atoms in total. The molecule has 0 saturated heterocycles. The first kappa shape index (κ1) is 18.4. The van der Waals surface area contributed by atoms with Crippen molar-refractivity contribution in [2.45, 2.75) is 13.0 Å². The van der Waals surface area contributed by atoms with Crippen LogP contribution < -0.4 is 5.32 Å². The fourth-order valence-electron chi connectivity index (χ4n) is 2.43. The molecule has 7 heteroatoms. The van der Waals surface area contributed by atoms with Crippen molar-refractivity contribution in [3.05, 3.63) is 80.2 Å². The minimum atomic E-state index is -0.575. The second kappa shape index (κ2) is 8.33. The van der Waals surface area contributed by atoms with E-state index in [1.165, 1.54) is 0 Å². The normalized spacial score (nSPS) is 11.8. The van der Waals surface area contributed by atoms with Gasteiger partial charge in [-0.05, 0) is 45.9 Å². The number of ether oxygens (including phenoxy) is 1. The van der Waals surface area contributed by atoms with Gasteiger partial charge in [0.2, 0.25) is 0 Å². The van der Waals surface area contributed by atoms with E-state index >= 15 is 0 Å². The molecular formula is C19H17BrN2O3S. The van der Waals surface area contributed by atoms with Crippen LogP contribution in [-0.4, -0.2) is 23.5 Å². The fraction of sp³-hybridized carbons (Fsp3) is 0.158. The number of aromatic amines is 1. The monoisotopic (exact) mass is 432 g/mol. The molecule has 1 unspecified atom stereocenters. The highest BCUT2D eigenvalue weighted by atomic mass is 79.9. The zero-order valence-corrected chi connectivity index (χ0v) is 16.4. The number of halogens is 1. The number of aromatic nitrogens is 1. The highest BCUT2D eigenvalue weighted by Gasteiger charge is 2.19. The van der Waals surface area contributed by atoms with Crippen molar-refractivity contribution >= 4 is 39.1 Å². The van der Waals surface area contributed by atoms with Crippen LogP contribution in [0.2, 0.25) is 0 Å². The van der Waals surface area contributed by atoms with Gasteiger partial charge in [0.1, 0.15) is 5.69 Å². The maximum Gasteiger partial charge on any atom is 0.355 e. The predicted octanol–water partition coefficient (Wildman–Crippen LogP) is 4.21. The van der Waals surface area contributed by atoms with E-state index in [2.05, 4.69) is 26.2 Å². The van der Waals surface area contributed by atoms with Gasteiger partial charge >= 0.3 is 5.97 Å². The average Bonchev–Trinajstić information content (AvgIpc) is 3.30. The highest BCUT2D eigenvalue weighted by molar-refractivity contribution is 9.10. The van der Waals surface area contributed by atoms with Gasteiger partial charge in [-0.2, -0.15) is 0 Å². The van der Waals surface area contributed by atoms with Crippen LogP contribution >= 0.6 is 27.3 Å². The van der Waals surface area contributed by atoms with Crippen molar-refractivity contribution in [3.63, 3.8) is 0 Å². The Balaban J connectivity index is 1.66. The van der Waals surface area contributed by atoms with Gasteiger partial charge in [0.05, 0.1) is 6.04 Å². The summed E-state index contributed by atoms with van der Waals surface area (Å²) in [6.45, 7) is 1.67. The first-order valence-corrected chi connectivity index (χ1v) is 9.60.